The highest BCUT2D eigenvalue weighted by atomic mass is 16.2. The molecule has 2 saturated heterocycles. The number of nitrogens with one attached hydrogen (secondary N) is 1. The van der Waals surface area contributed by atoms with Crippen molar-refractivity contribution in [1.29, 1.82) is 0 Å². The minimum atomic E-state index is 0.000217. The van der Waals surface area contributed by atoms with Crippen molar-refractivity contribution in [2.45, 2.75) is 24.8 Å². The molecule has 0 radical (unpaired) electrons. The lowest BCUT2D eigenvalue weighted by Gasteiger charge is -2.51. The highest BCUT2D eigenvalue weighted by molar-refractivity contribution is 5.89. The Morgan fingerprint density at radius 1 is 0.758 bits per heavy atom. The van der Waals surface area contributed by atoms with Gasteiger partial charge in [0.15, 0.2) is 0 Å². The van der Waals surface area contributed by atoms with Gasteiger partial charge in [-0.25, -0.2) is 4.79 Å². The average Bonchev–Trinajstić information content (AvgIpc) is 2.84. The predicted octanol–water partition coefficient (Wildman–Crippen LogP) is 5.18. The molecule has 0 aromatic heterocycles. The lowest BCUT2D eigenvalue weighted by Crippen LogP contribution is -2.61. The van der Waals surface area contributed by atoms with Crippen molar-refractivity contribution in [1.82, 2.24) is 9.80 Å². The topological polar surface area (TPSA) is 35.6 Å². The summed E-state index contributed by atoms with van der Waals surface area (Å²) in [5.74, 6) is 6.94. The van der Waals surface area contributed by atoms with Crippen LogP contribution in [-0.2, 0) is 0 Å². The van der Waals surface area contributed by atoms with Gasteiger partial charge in [0.2, 0.25) is 0 Å². The van der Waals surface area contributed by atoms with E-state index in [1.54, 1.807) is 0 Å². The van der Waals surface area contributed by atoms with Crippen molar-refractivity contribution in [3.8, 4) is 11.8 Å². The Kier molecular flexibility index (Phi) is 6.41. The zero-order chi connectivity index (χ0) is 22.5. The van der Waals surface area contributed by atoms with Crippen LogP contribution in [0.2, 0.25) is 0 Å². The molecule has 3 aromatic rings. The smallest absolute Gasteiger partial charge is 0.321 e. The van der Waals surface area contributed by atoms with Crippen molar-refractivity contribution in [2.75, 3.05) is 31.5 Å². The third kappa shape index (κ3) is 5.10. The molecule has 4 heteroatoms. The van der Waals surface area contributed by atoms with Crippen LogP contribution in [0.1, 0.15) is 35.4 Å². The highest BCUT2D eigenvalue weighted by Crippen LogP contribution is 2.36. The number of nitrogens with zero attached hydrogens (tertiary/aromatic N) is 2. The number of benzene rings is 3. The van der Waals surface area contributed by atoms with E-state index >= 15 is 0 Å². The Bertz CT molecular complexity index is 1130. The van der Waals surface area contributed by atoms with E-state index in [0.717, 1.165) is 55.8 Å². The van der Waals surface area contributed by atoms with Crippen molar-refractivity contribution < 1.29 is 4.79 Å². The molecule has 0 aliphatic carbocycles. The van der Waals surface area contributed by atoms with Crippen molar-refractivity contribution in [3.05, 3.63) is 102 Å². The summed E-state index contributed by atoms with van der Waals surface area (Å²) < 4.78 is 0. The fraction of sp³-hybridized carbons (Fsp3) is 0.276. The number of hydrogen-bond donors (Lipinski definition) is 1. The van der Waals surface area contributed by atoms with Crippen LogP contribution in [0.25, 0.3) is 0 Å². The molecule has 0 spiro atoms. The van der Waals surface area contributed by atoms with E-state index in [-0.39, 0.29) is 6.03 Å². The van der Waals surface area contributed by atoms with Crippen LogP contribution in [0.4, 0.5) is 10.5 Å². The zero-order valence-corrected chi connectivity index (χ0v) is 18.8. The predicted molar refractivity (Wildman–Crippen MR) is 133 cm³/mol. The lowest BCUT2D eigenvalue weighted by atomic mass is 9.81. The summed E-state index contributed by atoms with van der Waals surface area (Å²) in [5.41, 5.74) is 4.24. The molecule has 2 fully saturated rings. The Morgan fingerprint density at radius 2 is 1.39 bits per heavy atom. The van der Waals surface area contributed by atoms with E-state index < -0.39 is 0 Å². The number of rotatable bonds is 2. The fourth-order valence-electron chi connectivity index (χ4n) is 4.78. The molecule has 2 aliphatic heterocycles. The first-order valence-electron chi connectivity index (χ1n) is 11.8. The number of amides is 2. The monoisotopic (exact) mass is 435 g/mol. The number of hydrogen-bond acceptors (Lipinski definition) is 2. The van der Waals surface area contributed by atoms with Gasteiger partial charge >= 0.3 is 6.03 Å². The molecule has 2 heterocycles. The van der Waals surface area contributed by atoms with Crippen LogP contribution in [0, 0.1) is 11.8 Å². The first kappa shape index (κ1) is 21.3. The second kappa shape index (κ2) is 9.94. The second-order valence-electron chi connectivity index (χ2n) is 8.86. The number of fused-ring (bicyclic) bond motifs is 1. The molecular weight excluding hydrogens is 406 g/mol. The van der Waals surface area contributed by atoms with Gasteiger partial charge in [-0.15, -0.1) is 0 Å². The van der Waals surface area contributed by atoms with Crippen molar-refractivity contribution in [2.24, 2.45) is 0 Å². The molecule has 33 heavy (non-hydrogen) atoms. The standard InChI is InChI=1S/C29H29N3O/c33-29(30-26-11-5-2-6-12-26)32-20-8-7-19-31-21-27(28(31)22-32)25-17-15-24(16-18-25)14-13-23-9-3-1-4-10-23/h1-6,9-12,15-18,27-28H,7-8,19-22H2,(H,30,33)/t27-,28+/m1/s1. The van der Waals surface area contributed by atoms with Gasteiger partial charge in [-0.3, -0.25) is 4.90 Å². The molecular formula is C29H29N3O. The minimum absolute atomic E-state index is 0.000217. The Hall–Kier alpha value is -3.55. The van der Waals surface area contributed by atoms with Crippen molar-refractivity contribution in [3.63, 3.8) is 0 Å². The SMILES string of the molecule is O=C(Nc1ccccc1)N1CCCCN2C[C@H](c3ccc(C#Cc4ccccc4)cc3)[C@@H]2C1. The van der Waals surface area contributed by atoms with E-state index in [9.17, 15) is 4.79 Å². The molecule has 5 rings (SSSR count). The molecule has 2 atom stereocenters. The zero-order valence-electron chi connectivity index (χ0n) is 18.8. The molecule has 2 aliphatic rings. The molecule has 0 unspecified atom stereocenters. The summed E-state index contributed by atoms with van der Waals surface area (Å²) in [4.78, 5) is 17.5. The highest BCUT2D eigenvalue weighted by Gasteiger charge is 2.41. The van der Waals surface area contributed by atoms with Crippen LogP contribution in [0.15, 0.2) is 84.9 Å². The quantitative estimate of drug-likeness (QED) is 0.563. The van der Waals surface area contributed by atoms with Gasteiger partial charge < -0.3 is 10.2 Å². The first-order valence-corrected chi connectivity index (χ1v) is 11.8. The summed E-state index contributed by atoms with van der Waals surface area (Å²) in [6.07, 6.45) is 2.18. The summed E-state index contributed by atoms with van der Waals surface area (Å²) in [6, 6.07) is 28.8. The second-order valence-corrected chi connectivity index (χ2v) is 8.86. The Balaban J connectivity index is 1.26. The largest absolute Gasteiger partial charge is 0.323 e. The van der Waals surface area contributed by atoms with Gasteiger partial charge in [0, 0.05) is 48.4 Å². The Labute approximate surface area is 196 Å². The maximum Gasteiger partial charge on any atom is 0.321 e. The lowest BCUT2D eigenvalue weighted by molar-refractivity contribution is 0.0272. The summed E-state index contributed by atoms with van der Waals surface area (Å²) in [6.45, 7) is 3.76. The van der Waals surface area contributed by atoms with E-state index in [4.69, 9.17) is 0 Å². The third-order valence-corrected chi connectivity index (χ3v) is 6.67. The maximum absolute atomic E-state index is 13.0. The van der Waals surface area contributed by atoms with Crippen LogP contribution >= 0.6 is 0 Å². The van der Waals surface area contributed by atoms with Crippen LogP contribution in [0.5, 0.6) is 0 Å². The van der Waals surface area contributed by atoms with Gasteiger partial charge in [0.1, 0.15) is 0 Å². The molecule has 4 nitrogen and oxygen atoms in total. The molecule has 1 N–H and O–H groups in total. The van der Waals surface area contributed by atoms with Crippen LogP contribution < -0.4 is 5.32 Å². The summed E-state index contributed by atoms with van der Waals surface area (Å²) in [5, 5.41) is 3.06. The van der Waals surface area contributed by atoms with E-state index in [0.29, 0.717) is 12.0 Å². The summed E-state index contributed by atoms with van der Waals surface area (Å²) in [7, 11) is 0. The van der Waals surface area contributed by atoms with E-state index in [1.807, 2.05) is 65.6 Å². The van der Waals surface area contributed by atoms with E-state index in [1.165, 1.54) is 5.56 Å². The molecule has 166 valence electrons. The molecule has 0 bridgehead atoms. The van der Waals surface area contributed by atoms with Crippen LogP contribution in [-0.4, -0.2) is 48.1 Å². The van der Waals surface area contributed by atoms with Gasteiger partial charge in [-0.1, -0.05) is 60.4 Å². The van der Waals surface area contributed by atoms with Gasteiger partial charge in [0.25, 0.3) is 0 Å². The average molecular weight is 436 g/mol. The van der Waals surface area contributed by atoms with Gasteiger partial charge in [0.05, 0.1) is 0 Å². The normalized spacial score (nSPS) is 20.3. The maximum atomic E-state index is 13.0. The first-order chi connectivity index (χ1) is 16.3. The van der Waals surface area contributed by atoms with Gasteiger partial charge in [-0.05, 0) is 61.3 Å². The molecule has 3 aromatic carbocycles. The summed E-state index contributed by atoms with van der Waals surface area (Å²) >= 11 is 0. The van der Waals surface area contributed by atoms with Gasteiger partial charge in [-0.2, -0.15) is 0 Å². The number of urea groups is 1. The minimum Gasteiger partial charge on any atom is -0.323 e. The number of para-hydroxylation sites is 1. The number of carbonyl (C=O) groups is 1. The number of carbonyl (C=O) groups excluding carboxylic acids is 1. The van der Waals surface area contributed by atoms with Crippen molar-refractivity contribution >= 4 is 11.7 Å². The third-order valence-electron chi connectivity index (χ3n) is 6.67. The fourth-order valence-corrected chi connectivity index (χ4v) is 4.78. The molecule has 2 amide bonds. The van der Waals surface area contributed by atoms with Crippen LogP contribution in [0.3, 0.4) is 0 Å². The number of anilines is 1. The van der Waals surface area contributed by atoms with E-state index in [2.05, 4.69) is 46.3 Å². The molecule has 0 saturated carbocycles. The Morgan fingerprint density at radius 3 is 2.12 bits per heavy atom.